The number of hydrogen-bond acceptors (Lipinski definition) is 4. The van der Waals surface area contributed by atoms with Gasteiger partial charge in [0.2, 0.25) is 5.91 Å². The van der Waals surface area contributed by atoms with Crippen LogP contribution in [0.2, 0.25) is 10.0 Å². The lowest BCUT2D eigenvalue weighted by Crippen LogP contribution is -2.30. The van der Waals surface area contributed by atoms with E-state index in [0.717, 1.165) is 10.5 Å². The second-order valence-electron chi connectivity index (χ2n) is 10.1. The molecule has 9 heteroatoms. The van der Waals surface area contributed by atoms with Gasteiger partial charge in [-0.15, -0.1) is 11.8 Å². The average molecular weight is 633 g/mol. The van der Waals surface area contributed by atoms with Crippen molar-refractivity contribution >= 4 is 70.1 Å². The standard InChI is InChI=1S/C34H31Cl2N3O3S/c1-21(2)24-14-12-23(13-15-24)18-31(39-33(41)25-8-5-4-6-9-25)34(42)38-26-10-7-11-28(19-26)43-22(3)32(40)37-27-16-17-29(35)30(36)20-27/h4-22H,1-3H3,(H,37,40)(H,38,42)(H,39,41)/b31-18+. The lowest BCUT2D eigenvalue weighted by atomic mass is 10.0. The Labute approximate surface area is 265 Å². The summed E-state index contributed by atoms with van der Waals surface area (Å²) < 4.78 is 0. The maximum absolute atomic E-state index is 13.5. The van der Waals surface area contributed by atoms with Gasteiger partial charge in [0.05, 0.1) is 15.3 Å². The number of carbonyl (C=O) groups excluding carboxylic acids is 3. The summed E-state index contributed by atoms with van der Waals surface area (Å²) in [6.45, 7) is 6.01. The molecule has 0 saturated carbocycles. The number of halogens is 2. The van der Waals surface area contributed by atoms with Crippen molar-refractivity contribution in [3.63, 3.8) is 0 Å². The van der Waals surface area contributed by atoms with Crippen molar-refractivity contribution in [1.82, 2.24) is 5.32 Å². The van der Waals surface area contributed by atoms with Gasteiger partial charge < -0.3 is 16.0 Å². The molecule has 6 nitrogen and oxygen atoms in total. The Morgan fingerprint density at radius 1 is 0.744 bits per heavy atom. The molecule has 3 N–H and O–H groups in total. The van der Waals surface area contributed by atoms with Crippen LogP contribution in [-0.4, -0.2) is 23.0 Å². The minimum atomic E-state index is -0.482. The van der Waals surface area contributed by atoms with E-state index in [4.69, 9.17) is 23.2 Å². The molecule has 0 spiro atoms. The Kier molecular flexibility index (Phi) is 11.1. The quantitative estimate of drug-likeness (QED) is 0.121. The van der Waals surface area contributed by atoms with Crippen LogP contribution >= 0.6 is 35.0 Å². The summed E-state index contributed by atoms with van der Waals surface area (Å²) in [6, 6.07) is 28.6. The second-order valence-corrected chi connectivity index (χ2v) is 12.3. The fourth-order valence-corrected chi connectivity index (χ4v) is 5.23. The number of hydrogen-bond donors (Lipinski definition) is 3. The molecule has 220 valence electrons. The van der Waals surface area contributed by atoms with Crippen molar-refractivity contribution in [3.05, 3.63) is 129 Å². The van der Waals surface area contributed by atoms with Gasteiger partial charge in [-0.3, -0.25) is 14.4 Å². The van der Waals surface area contributed by atoms with Gasteiger partial charge in [-0.1, -0.05) is 85.6 Å². The average Bonchev–Trinajstić information content (AvgIpc) is 2.99. The number of amides is 3. The minimum Gasteiger partial charge on any atom is -0.325 e. The summed E-state index contributed by atoms with van der Waals surface area (Å²) in [7, 11) is 0. The molecular formula is C34H31Cl2N3O3S. The van der Waals surface area contributed by atoms with Crippen molar-refractivity contribution in [1.29, 1.82) is 0 Å². The van der Waals surface area contributed by atoms with Crippen LogP contribution in [0.1, 0.15) is 48.2 Å². The van der Waals surface area contributed by atoms with E-state index in [9.17, 15) is 14.4 Å². The summed E-state index contributed by atoms with van der Waals surface area (Å²) in [5.74, 6) is -0.722. The van der Waals surface area contributed by atoms with Gasteiger partial charge in [0.15, 0.2) is 0 Å². The molecule has 0 aliphatic carbocycles. The zero-order chi connectivity index (χ0) is 30.9. The number of benzene rings is 4. The first-order valence-corrected chi connectivity index (χ1v) is 15.2. The van der Waals surface area contributed by atoms with Gasteiger partial charge in [-0.25, -0.2) is 0 Å². The van der Waals surface area contributed by atoms with Crippen LogP contribution in [0, 0.1) is 0 Å². The minimum absolute atomic E-state index is 0.0959. The number of rotatable bonds is 10. The molecule has 0 fully saturated rings. The predicted molar refractivity (Wildman–Crippen MR) is 178 cm³/mol. The maximum Gasteiger partial charge on any atom is 0.272 e. The summed E-state index contributed by atoms with van der Waals surface area (Å²) in [4.78, 5) is 40.0. The van der Waals surface area contributed by atoms with E-state index in [1.54, 1.807) is 73.7 Å². The highest BCUT2D eigenvalue weighted by molar-refractivity contribution is 8.00. The zero-order valence-corrected chi connectivity index (χ0v) is 26.2. The Bertz CT molecular complexity index is 1640. The van der Waals surface area contributed by atoms with Crippen LogP contribution in [0.25, 0.3) is 6.08 Å². The third-order valence-electron chi connectivity index (χ3n) is 6.40. The van der Waals surface area contributed by atoms with Crippen molar-refractivity contribution in [3.8, 4) is 0 Å². The predicted octanol–water partition coefficient (Wildman–Crippen LogP) is 8.65. The first-order chi connectivity index (χ1) is 20.6. The summed E-state index contributed by atoms with van der Waals surface area (Å²) in [5.41, 5.74) is 3.53. The van der Waals surface area contributed by atoms with Gasteiger partial charge in [0.25, 0.3) is 11.8 Å². The van der Waals surface area contributed by atoms with Crippen LogP contribution in [0.5, 0.6) is 0 Å². The molecule has 1 unspecified atom stereocenters. The Morgan fingerprint density at radius 2 is 1.44 bits per heavy atom. The molecule has 4 aromatic rings. The van der Waals surface area contributed by atoms with Crippen LogP contribution in [0.15, 0.2) is 108 Å². The van der Waals surface area contributed by atoms with Gasteiger partial charge in [-0.05, 0) is 78.6 Å². The van der Waals surface area contributed by atoms with E-state index < -0.39 is 17.1 Å². The lowest BCUT2D eigenvalue weighted by Gasteiger charge is -2.14. The SMILES string of the molecule is CC(Sc1cccc(NC(=O)/C(=C\c2ccc(C(C)C)cc2)NC(=O)c2ccccc2)c1)C(=O)Nc1ccc(Cl)c(Cl)c1. The Morgan fingerprint density at radius 3 is 2.12 bits per heavy atom. The van der Waals surface area contributed by atoms with Crippen LogP contribution in [-0.2, 0) is 9.59 Å². The van der Waals surface area contributed by atoms with Crippen molar-refractivity contribution in [2.75, 3.05) is 10.6 Å². The van der Waals surface area contributed by atoms with Crippen molar-refractivity contribution in [2.45, 2.75) is 36.8 Å². The summed E-state index contributed by atoms with van der Waals surface area (Å²) in [5, 5.41) is 8.79. The molecule has 4 rings (SSSR count). The molecular weight excluding hydrogens is 601 g/mol. The molecule has 0 bridgehead atoms. The number of carbonyl (C=O) groups is 3. The van der Waals surface area contributed by atoms with Gasteiger partial charge in [0.1, 0.15) is 5.70 Å². The lowest BCUT2D eigenvalue weighted by molar-refractivity contribution is -0.115. The highest BCUT2D eigenvalue weighted by Gasteiger charge is 2.18. The molecule has 1 atom stereocenters. The fraction of sp³-hybridized carbons (Fsp3) is 0.147. The molecule has 4 aromatic carbocycles. The first kappa shape index (κ1) is 31.9. The molecule has 0 heterocycles. The molecule has 0 saturated heterocycles. The van der Waals surface area contributed by atoms with Gasteiger partial charge in [0, 0.05) is 21.8 Å². The van der Waals surface area contributed by atoms with Gasteiger partial charge in [-0.2, -0.15) is 0 Å². The third kappa shape index (κ3) is 9.22. The maximum atomic E-state index is 13.5. The van der Waals surface area contributed by atoms with Crippen LogP contribution in [0.3, 0.4) is 0 Å². The second kappa shape index (κ2) is 14.9. The topological polar surface area (TPSA) is 87.3 Å². The fourth-order valence-electron chi connectivity index (χ4n) is 4.01. The van der Waals surface area contributed by atoms with E-state index in [1.165, 1.54) is 17.3 Å². The van der Waals surface area contributed by atoms with Crippen LogP contribution < -0.4 is 16.0 Å². The molecule has 0 aromatic heterocycles. The Hall–Kier alpha value is -4.04. The van der Waals surface area contributed by atoms with E-state index in [1.807, 2.05) is 36.4 Å². The Balaban J connectivity index is 1.49. The zero-order valence-electron chi connectivity index (χ0n) is 23.9. The summed E-state index contributed by atoms with van der Waals surface area (Å²) in [6.07, 6.45) is 1.65. The summed E-state index contributed by atoms with van der Waals surface area (Å²) >= 11 is 13.4. The van der Waals surface area contributed by atoms with Crippen molar-refractivity contribution < 1.29 is 14.4 Å². The van der Waals surface area contributed by atoms with Gasteiger partial charge >= 0.3 is 0 Å². The highest BCUT2D eigenvalue weighted by Crippen LogP contribution is 2.29. The number of thioether (sulfide) groups is 1. The molecule has 0 aliphatic rings. The van der Waals surface area contributed by atoms with Crippen LogP contribution in [0.4, 0.5) is 11.4 Å². The molecule has 0 radical (unpaired) electrons. The molecule has 3 amide bonds. The normalized spacial score (nSPS) is 12.0. The number of anilines is 2. The molecule has 0 aliphatic heterocycles. The van der Waals surface area contributed by atoms with E-state index in [0.29, 0.717) is 32.9 Å². The number of nitrogens with one attached hydrogen (secondary N) is 3. The van der Waals surface area contributed by atoms with E-state index >= 15 is 0 Å². The van der Waals surface area contributed by atoms with Crippen molar-refractivity contribution in [2.24, 2.45) is 0 Å². The largest absolute Gasteiger partial charge is 0.325 e. The molecule has 43 heavy (non-hydrogen) atoms. The van der Waals surface area contributed by atoms with E-state index in [-0.39, 0.29) is 11.6 Å². The third-order valence-corrected chi connectivity index (χ3v) is 8.24. The first-order valence-electron chi connectivity index (χ1n) is 13.6. The van der Waals surface area contributed by atoms with E-state index in [2.05, 4.69) is 29.8 Å². The monoisotopic (exact) mass is 631 g/mol. The highest BCUT2D eigenvalue weighted by atomic mass is 35.5. The smallest absolute Gasteiger partial charge is 0.272 e.